The lowest BCUT2D eigenvalue weighted by Crippen LogP contribution is -2.48. The monoisotopic (exact) mass is 409 g/mol. The van der Waals surface area contributed by atoms with Gasteiger partial charge in [-0.1, -0.05) is 29.8 Å². The maximum absolute atomic E-state index is 13.5. The van der Waals surface area contributed by atoms with E-state index in [1.54, 1.807) is 0 Å². The average Bonchev–Trinajstić information content (AvgIpc) is 3.42. The van der Waals surface area contributed by atoms with E-state index in [1.807, 2.05) is 12.1 Å². The number of aromatic nitrogens is 1. The van der Waals surface area contributed by atoms with Crippen molar-refractivity contribution >= 4 is 16.9 Å². The summed E-state index contributed by atoms with van der Waals surface area (Å²) in [6.45, 7) is 5.08. The van der Waals surface area contributed by atoms with Crippen molar-refractivity contribution in [2.75, 3.05) is 32.8 Å². The number of para-hydroxylation sites is 1. The number of carbonyl (C=O) groups excluding carboxylic acids is 1. The van der Waals surface area contributed by atoms with Crippen LogP contribution in [-0.2, 0) is 9.53 Å². The number of esters is 1. The zero-order chi connectivity index (χ0) is 20.7. The minimum atomic E-state index is -0.333. The van der Waals surface area contributed by atoms with Crippen LogP contribution in [0.4, 0.5) is 0 Å². The van der Waals surface area contributed by atoms with Crippen LogP contribution >= 0.6 is 0 Å². The molecule has 5 rings (SSSR count). The number of aliphatic hydroxyl groups is 1. The molecule has 2 saturated heterocycles. The molecule has 0 aliphatic carbocycles. The molecular formula is C24H31N3O3. The highest BCUT2D eigenvalue weighted by molar-refractivity contribution is 5.86. The molecule has 160 valence electrons. The molecule has 2 N–H and O–H groups in total. The Balaban J connectivity index is 1.56. The van der Waals surface area contributed by atoms with Crippen LogP contribution in [0.15, 0.2) is 42.0 Å². The summed E-state index contributed by atoms with van der Waals surface area (Å²) in [5, 5.41) is 14.2. The summed E-state index contributed by atoms with van der Waals surface area (Å²) in [6.07, 6.45) is 5.25. The molecule has 0 saturated carbocycles. The number of nitrogens with one attached hydrogen (secondary N) is 1. The SMILES string of the molecule is C/C=C1/CN(CCO)[C@H]2C[C@@H]1[C@H](C(=O)OC[C@@H]1CCCN1)n1c2cc2ccccc21. The molecule has 2 bridgehead atoms. The van der Waals surface area contributed by atoms with E-state index >= 15 is 0 Å². The zero-order valence-corrected chi connectivity index (χ0v) is 17.6. The Morgan fingerprint density at radius 2 is 2.23 bits per heavy atom. The third-order valence-electron chi connectivity index (χ3n) is 7.15. The van der Waals surface area contributed by atoms with Crippen LogP contribution in [0.2, 0.25) is 0 Å². The van der Waals surface area contributed by atoms with E-state index in [0.29, 0.717) is 13.2 Å². The number of likely N-dealkylation sites (tertiary alicyclic amines) is 1. The molecule has 0 unspecified atom stereocenters. The summed E-state index contributed by atoms with van der Waals surface area (Å²) in [6, 6.07) is 10.7. The fourth-order valence-electron chi connectivity index (χ4n) is 5.69. The van der Waals surface area contributed by atoms with Crippen LogP contribution in [0.1, 0.15) is 44.0 Å². The van der Waals surface area contributed by atoms with Gasteiger partial charge in [-0.3, -0.25) is 4.90 Å². The van der Waals surface area contributed by atoms with Gasteiger partial charge in [-0.25, -0.2) is 4.79 Å². The first kappa shape index (κ1) is 19.8. The molecule has 2 fully saturated rings. The lowest BCUT2D eigenvalue weighted by atomic mass is 9.77. The van der Waals surface area contributed by atoms with Crippen molar-refractivity contribution in [2.24, 2.45) is 5.92 Å². The molecule has 0 spiro atoms. The average molecular weight is 410 g/mol. The predicted molar refractivity (Wildman–Crippen MR) is 116 cm³/mol. The minimum Gasteiger partial charge on any atom is -0.462 e. The summed E-state index contributed by atoms with van der Waals surface area (Å²) in [7, 11) is 0. The van der Waals surface area contributed by atoms with Gasteiger partial charge in [0.25, 0.3) is 0 Å². The van der Waals surface area contributed by atoms with E-state index in [-0.39, 0.29) is 36.6 Å². The highest BCUT2D eigenvalue weighted by Gasteiger charge is 2.47. The number of piperidine rings is 1. The first-order valence-electron chi connectivity index (χ1n) is 11.2. The largest absolute Gasteiger partial charge is 0.462 e. The molecule has 1 aromatic carbocycles. The summed E-state index contributed by atoms with van der Waals surface area (Å²) in [5.74, 6) is 0.00648. The summed E-state index contributed by atoms with van der Waals surface area (Å²) >= 11 is 0. The number of rotatable bonds is 5. The number of hydrogen-bond acceptors (Lipinski definition) is 5. The number of ether oxygens (including phenoxy) is 1. The second-order valence-corrected chi connectivity index (χ2v) is 8.78. The molecule has 4 atom stereocenters. The molecule has 0 radical (unpaired) electrons. The van der Waals surface area contributed by atoms with Gasteiger partial charge in [0.15, 0.2) is 0 Å². The topological polar surface area (TPSA) is 66.7 Å². The van der Waals surface area contributed by atoms with Crippen molar-refractivity contribution in [3.63, 3.8) is 0 Å². The molecular weight excluding hydrogens is 378 g/mol. The molecule has 3 aliphatic rings. The van der Waals surface area contributed by atoms with Crippen LogP contribution in [0, 0.1) is 5.92 Å². The van der Waals surface area contributed by atoms with Gasteiger partial charge in [0.05, 0.1) is 12.6 Å². The van der Waals surface area contributed by atoms with Crippen molar-refractivity contribution in [1.29, 1.82) is 0 Å². The highest BCUT2D eigenvalue weighted by atomic mass is 16.5. The number of aliphatic hydroxyl groups excluding tert-OH is 1. The van der Waals surface area contributed by atoms with Gasteiger partial charge in [0.2, 0.25) is 0 Å². The molecule has 1 aromatic heterocycles. The van der Waals surface area contributed by atoms with Gasteiger partial charge in [-0.15, -0.1) is 0 Å². The molecule has 0 amide bonds. The molecule has 6 heteroatoms. The van der Waals surface area contributed by atoms with Crippen LogP contribution in [0.25, 0.3) is 10.9 Å². The Morgan fingerprint density at radius 1 is 1.37 bits per heavy atom. The first-order chi connectivity index (χ1) is 14.7. The highest BCUT2D eigenvalue weighted by Crippen LogP contribution is 2.49. The number of nitrogens with zero attached hydrogens (tertiary/aromatic N) is 2. The van der Waals surface area contributed by atoms with E-state index in [2.05, 4.69) is 46.0 Å². The smallest absolute Gasteiger partial charge is 0.329 e. The molecule has 3 aliphatic heterocycles. The van der Waals surface area contributed by atoms with Crippen molar-refractivity contribution in [1.82, 2.24) is 14.8 Å². The van der Waals surface area contributed by atoms with E-state index in [1.165, 1.54) is 5.57 Å². The minimum absolute atomic E-state index is 0.121. The Labute approximate surface area is 177 Å². The maximum atomic E-state index is 13.5. The lowest BCUT2D eigenvalue weighted by molar-refractivity contribution is -0.151. The van der Waals surface area contributed by atoms with Crippen LogP contribution < -0.4 is 5.32 Å². The quantitative estimate of drug-likeness (QED) is 0.587. The molecule has 4 heterocycles. The molecule has 6 nitrogen and oxygen atoms in total. The second kappa shape index (κ2) is 8.17. The standard InChI is InChI=1S/C24H31N3O3/c1-2-16-14-26(10-11-28)21-13-19(16)23(24(29)30-15-18-7-5-9-25-18)27-20-8-4-3-6-17(20)12-22(21)27/h2-4,6,8,12,18-19,21,23,25,28H,5,7,9-11,13-15H2,1H3/b16-2-/t18-,19-,21-,23+/m0/s1. The van der Waals surface area contributed by atoms with Gasteiger partial charge in [-0.05, 0) is 50.2 Å². The third-order valence-corrected chi connectivity index (χ3v) is 7.15. The van der Waals surface area contributed by atoms with E-state index in [0.717, 1.165) is 48.9 Å². The van der Waals surface area contributed by atoms with E-state index in [4.69, 9.17) is 4.74 Å². The Kier molecular flexibility index (Phi) is 5.39. The normalized spacial score (nSPS) is 30.0. The summed E-state index contributed by atoms with van der Waals surface area (Å²) in [4.78, 5) is 15.8. The van der Waals surface area contributed by atoms with Gasteiger partial charge in [0.1, 0.15) is 12.6 Å². The molecule has 2 aromatic rings. The van der Waals surface area contributed by atoms with E-state index in [9.17, 15) is 9.90 Å². The Hall–Kier alpha value is -2.15. The second-order valence-electron chi connectivity index (χ2n) is 8.78. The zero-order valence-electron chi connectivity index (χ0n) is 17.6. The Bertz CT molecular complexity index is 960. The Morgan fingerprint density at radius 3 is 3.00 bits per heavy atom. The van der Waals surface area contributed by atoms with Crippen molar-refractivity contribution < 1.29 is 14.6 Å². The van der Waals surface area contributed by atoms with Crippen LogP contribution in [0.5, 0.6) is 0 Å². The van der Waals surface area contributed by atoms with E-state index < -0.39 is 0 Å². The lowest BCUT2D eigenvalue weighted by Gasteiger charge is -2.48. The van der Waals surface area contributed by atoms with Gasteiger partial charge in [-0.2, -0.15) is 0 Å². The van der Waals surface area contributed by atoms with Crippen molar-refractivity contribution in [3.05, 3.63) is 47.7 Å². The number of hydrogen-bond donors (Lipinski definition) is 2. The first-order valence-corrected chi connectivity index (χ1v) is 11.2. The number of β-amino-alcohol motifs (C(OH)–C–C–N with tert-alkyl or cyclic N) is 1. The van der Waals surface area contributed by atoms with Gasteiger partial charge >= 0.3 is 5.97 Å². The maximum Gasteiger partial charge on any atom is 0.329 e. The van der Waals surface area contributed by atoms with Crippen LogP contribution in [-0.4, -0.2) is 59.4 Å². The number of fused-ring (bicyclic) bond motifs is 6. The summed E-state index contributed by atoms with van der Waals surface area (Å²) in [5.41, 5.74) is 3.52. The fraction of sp³-hybridized carbons (Fsp3) is 0.542. The number of allylic oxidation sites excluding steroid dienone is 1. The van der Waals surface area contributed by atoms with Crippen LogP contribution in [0.3, 0.4) is 0 Å². The van der Waals surface area contributed by atoms with Gasteiger partial charge in [0, 0.05) is 36.3 Å². The van der Waals surface area contributed by atoms with Gasteiger partial charge < -0.3 is 19.7 Å². The predicted octanol–water partition coefficient (Wildman–Crippen LogP) is 2.79. The molecule has 30 heavy (non-hydrogen) atoms. The summed E-state index contributed by atoms with van der Waals surface area (Å²) < 4.78 is 8.12. The number of carbonyl (C=O) groups is 1. The van der Waals surface area contributed by atoms with Crippen molar-refractivity contribution in [3.8, 4) is 0 Å². The van der Waals surface area contributed by atoms with Crippen molar-refractivity contribution in [2.45, 2.75) is 44.3 Å². The fourth-order valence-corrected chi connectivity index (χ4v) is 5.69. The third kappa shape index (κ3) is 3.27. The number of benzene rings is 1.